The van der Waals surface area contributed by atoms with Crippen LogP contribution in [0.3, 0.4) is 0 Å². The van der Waals surface area contributed by atoms with Gasteiger partial charge in [-0.3, -0.25) is 4.79 Å². The van der Waals surface area contributed by atoms with E-state index in [0.29, 0.717) is 19.0 Å². The van der Waals surface area contributed by atoms with Crippen molar-refractivity contribution >= 4 is 17.7 Å². The molecule has 0 spiro atoms. The zero-order valence-corrected chi connectivity index (χ0v) is 10.3. The van der Waals surface area contributed by atoms with Gasteiger partial charge in [-0.25, -0.2) is 0 Å². The Balaban J connectivity index is 3.30. The van der Waals surface area contributed by atoms with E-state index in [1.807, 2.05) is 0 Å². The van der Waals surface area contributed by atoms with Gasteiger partial charge in [0.2, 0.25) is 0 Å². The van der Waals surface area contributed by atoms with E-state index in [9.17, 15) is 4.79 Å². The number of thioether (sulfide) groups is 1. The molecule has 1 unspecified atom stereocenters. The van der Waals surface area contributed by atoms with Gasteiger partial charge >= 0.3 is 5.97 Å². The number of nitrogens with two attached hydrogens (primary N) is 1. The van der Waals surface area contributed by atoms with E-state index >= 15 is 0 Å². The Morgan fingerprint density at radius 3 is 2.73 bits per heavy atom. The minimum absolute atomic E-state index is 0.320. The van der Waals surface area contributed by atoms with Crippen molar-refractivity contribution in [2.75, 3.05) is 31.3 Å². The Kier molecular flexibility index (Phi) is 10.1. The summed E-state index contributed by atoms with van der Waals surface area (Å²) in [5.74, 6) is 1.14. The average molecular weight is 235 g/mol. The van der Waals surface area contributed by atoms with E-state index in [1.165, 1.54) is 0 Å². The lowest BCUT2D eigenvalue weighted by atomic mass is 10.4. The zero-order chi connectivity index (χ0) is 11.5. The molecule has 90 valence electrons. The second kappa shape index (κ2) is 10.3. The minimum atomic E-state index is -0.513. The summed E-state index contributed by atoms with van der Waals surface area (Å²) < 4.78 is 10.1. The molecule has 0 radical (unpaired) electrons. The molecule has 0 bridgehead atoms. The van der Waals surface area contributed by atoms with E-state index in [4.69, 9.17) is 15.2 Å². The third-order valence-electron chi connectivity index (χ3n) is 1.61. The molecule has 0 aliphatic heterocycles. The summed E-state index contributed by atoms with van der Waals surface area (Å²) in [6, 6.07) is -0.513. The van der Waals surface area contributed by atoms with Gasteiger partial charge in [0.15, 0.2) is 0 Å². The Bertz CT molecular complexity index is 167. The third kappa shape index (κ3) is 8.72. The molecule has 0 aromatic carbocycles. The maximum absolute atomic E-state index is 11.1. The number of rotatable bonds is 9. The first-order chi connectivity index (χ1) is 7.22. The molecule has 15 heavy (non-hydrogen) atoms. The van der Waals surface area contributed by atoms with Gasteiger partial charge in [-0.05, 0) is 13.3 Å². The maximum atomic E-state index is 11.1. The molecule has 0 aliphatic carbocycles. The van der Waals surface area contributed by atoms with Crippen molar-refractivity contribution in [3.8, 4) is 0 Å². The van der Waals surface area contributed by atoms with Crippen LogP contribution in [0.5, 0.6) is 0 Å². The molecule has 2 N–H and O–H groups in total. The SMILES string of the molecule is CCCOCCSCC(N)C(=O)OCC. The Morgan fingerprint density at radius 1 is 1.40 bits per heavy atom. The summed E-state index contributed by atoms with van der Waals surface area (Å²) in [5.41, 5.74) is 5.61. The van der Waals surface area contributed by atoms with Crippen LogP contribution >= 0.6 is 11.8 Å². The van der Waals surface area contributed by atoms with Gasteiger partial charge in [0.1, 0.15) is 6.04 Å². The van der Waals surface area contributed by atoms with Gasteiger partial charge in [0, 0.05) is 18.1 Å². The molecular weight excluding hydrogens is 214 g/mol. The Labute approximate surface area is 95.9 Å². The van der Waals surface area contributed by atoms with E-state index in [1.54, 1.807) is 18.7 Å². The van der Waals surface area contributed by atoms with E-state index < -0.39 is 6.04 Å². The van der Waals surface area contributed by atoms with Gasteiger partial charge in [-0.2, -0.15) is 11.8 Å². The lowest BCUT2D eigenvalue weighted by Crippen LogP contribution is -2.34. The van der Waals surface area contributed by atoms with Crippen LogP contribution in [0, 0.1) is 0 Å². The highest BCUT2D eigenvalue weighted by atomic mass is 32.2. The summed E-state index contributed by atoms with van der Waals surface area (Å²) in [7, 11) is 0. The molecule has 4 nitrogen and oxygen atoms in total. The fourth-order valence-electron chi connectivity index (χ4n) is 0.892. The molecule has 0 saturated heterocycles. The summed E-state index contributed by atoms with van der Waals surface area (Å²) in [5, 5.41) is 0. The number of esters is 1. The van der Waals surface area contributed by atoms with Crippen LogP contribution in [0.1, 0.15) is 20.3 Å². The van der Waals surface area contributed by atoms with Crippen molar-refractivity contribution in [3.05, 3.63) is 0 Å². The molecule has 0 aromatic heterocycles. The minimum Gasteiger partial charge on any atom is -0.465 e. The van der Waals surface area contributed by atoms with Crippen molar-refractivity contribution in [3.63, 3.8) is 0 Å². The molecule has 1 atom stereocenters. The maximum Gasteiger partial charge on any atom is 0.323 e. The molecule has 0 rings (SSSR count). The van der Waals surface area contributed by atoms with Crippen LogP contribution < -0.4 is 5.73 Å². The topological polar surface area (TPSA) is 61.5 Å². The van der Waals surface area contributed by atoms with Crippen molar-refractivity contribution in [1.29, 1.82) is 0 Å². The number of hydrogen-bond acceptors (Lipinski definition) is 5. The van der Waals surface area contributed by atoms with Gasteiger partial charge in [-0.15, -0.1) is 0 Å². The predicted molar refractivity (Wildman–Crippen MR) is 63.0 cm³/mol. The molecule has 0 saturated carbocycles. The first-order valence-electron chi connectivity index (χ1n) is 5.30. The first-order valence-corrected chi connectivity index (χ1v) is 6.45. The molecule has 0 aliphatic rings. The normalized spacial score (nSPS) is 12.5. The first kappa shape index (κ1) is 14.7. The van der Waals surface area contributed by atoms with Crippen LogP contribution in [-0.2, 0) is 14.3 Å². The van der Waals surface area contributed by atoms with Crippen LogP contribution in [0.15, 0.2) is 0 Å². The fourth-order valence-corrected chi connectivity index (χ4v) is 1.68. The van der Waals surface area contributed by atoms with Crippen LogP contribution in [0.4, 0.5) is 0 Å². The monoisotopic (exact) mass is 235 g/mol. The lowest BCUT2D eigenvalue weighted by molar-refractivity contribution is -0.144. The number of hydrogen-bond donors (Lipinski definition) is 1. The molecule has 0 amide bonds. The fraction of sp³-hybridized carbons (Fsp3) is 0.900. The third-order valence-corrected chi connectivity index (χ3v) is 2.66. The molecule has 0 fully saturated rings. The average Bonchev–Trinajstić information content (AvgIpc) is 2.23. The summed E-state index contributed by atoms with van der Waals surface area (Å²) in [6.45, 7) is 5.75. The molecular formula is C10H21NO3S. The summed E-state index contributed by atoms with van der Waals surface area (Å²) >= 11 is 1.62. The van der Waals surface area contributed by atoms with E-state index in [-0.39, 0.29) is 5.97 Å². The smallest absolute Gasteiger partial charge is 0.323 e. The van der Waals surface area contributed by atoms with Crippen LogP contribution in [0.2, 0.25) is 0 Å². The Morgan fingerprint density at radius 2 is 2.13 bits per heavy atom. The summed E-state index contributed by atoms with van der Waals surface area (Å²) in [4.78, 5) is 11.1. The lowest BCUT2D eigenvalue weighted by Gasteiger charge is -2.09. The molecule has 5 heteroatoms. The summed E-state index contributed by atoms with van der Waals surface area (Å²) in [6.07, 6.45) is 1.03. The predicted octanol–water partition coefficient (Wildman–Crippen LogP) is 1.04. The highest BCUT2D eigenvalue weighted by Gasteiger charge is 2.13. The second-order valence-corrected chi connectivity index (χ2v) is 4.20. The van der Waals surface area contributed by atoms with Crippen molar-refractivity contribution < 1.29 is 14.3 Å². The number of carbonyl (C=O) groups excluding carboxylic acids is 1. The standard InChI is InChI=1S/C10H21NO3S/c1-3-5-13-6-7-15-8-9(11)10(12)14-4-2/h9H,3-8,11H2,1-2H3. The second-order valence-electron chi connectivity index (χ2n) is 3.05. The quantitative estimate of drug-likeness (QED) is 0.478. The molecule has 0 heterocycles. The van der Waals surface area contributed by atoms with Gasteiger partial charge < -0.3 is 15.2 Å². The van der Waals surface area contributed by atoms with E-state index in [2.05, 4.69) is 6.92 Å². The van der Waals surface area contributed by atoms with Crippen LogP contribution in [0.25, 0.3) is 0 Å². The van der Waals surface area contributed by atoms with E-state index in [0.717, 1.165) is 18.8 Å². The van der Waals surface area contributed by atoms with Crippen LogP contribution in [-0.4, -0.2) is 43.3 Å². The largest absolute Gasteiger partial charge is 0.465 e. The van der Waals surface area contributed by atoms with Crippen molar-refractivity contribution in [1.82, 2.24) is 0 Å². The van der Waals surface area contributed by atoms with Gasteiger partial charge in [0.25, 0.3) is 0 Å². The Hall–Kier alpha value is -0.260. The zero-order valence-electron chi connectivity index (χ0n) is 9.53. The highest BCUT2D eigenvalue weighted by molar-refractivity contribution is 7.99. The van der Waals surface area contributed by atoms with Gasteiger partial charge in [0.05, 0.1) is 13.2 Å². The molecule has 0 aromatic rings. The van der Waals surface area contributed by atoms with Gasteiger partial charge in [-0.1, -0.05) is 6.92 Å². The number of ether oxygens (including phenoxy) is 2. The van der Waals surface area contributed by atoms with Crippen molar-refractivity contribution in [2.45, 2.75) is 26.3 Å². The number of carbonyl (C=O) groups is 1. The highest BCUT2D eigenvalue weighted by Crippen LogP contribution is 2.03. The van der Waals surface area contributed by atoms with Crippen molar-refractivity contribution in [2.24, 2.45) is 5.73 Å².